The highest BCUT2D eigenvalue weighted by Gasteiger charge is 2.47. The van der Waals surface area contributed by atoms with Crippen molar-refractivity contribution in [3.8, 4) is 17.0 Å². The van der Waals surface area contributed by atoms with E-state index in [4.69, 9.17) is 9.47 Å². The van der Waals surface area contributed by atoms with Crippen molar-refractivity contribution in [3.05, 3.63) is 75.2 Å². The fraction of sp³-hybridized carbons (Fsp3) is 0.469. The van der Waals surface area contributed by atoms with Gasteiger partial charge >= 0.3 is 0 Å². The van der Waals surface area contributed by atoms with Crippen LogP contribution in [-0.2, 0) is 11.3 Å². The number of aliphatic hydroxyl groups excluding tert-OH is 1. The number of ether oxygens (including phenoxy) is 2. The van der Waals surface area contributed by atoms with Gasteiger partial charge in [0, 0.05) is 44.1 Å². The largest absolute Gasteiger partial charge is 0.472 e. The Morgan fingerprint density at radius 1 is 1.17 bits per heavy atom. The zero-order chi connectivity index (χ0) is 33.2. The highest BCUT2D eigenvalue weighted by molar-refractivity contribution is 6.04. The molecule has 0 radical (unpaired) electrons. The third-order valence-electron chi connectivity index (χ3n) is 7.86. The SMILES string of the molecule is COC(C)CNCc1cc(C(=O)Nc2cc(-c3ccc(C)cc3C(O)N3CC(F)(F)C3)cc(OCC(F)F)n2)c(=O)n(C2CC2)c1. The Morgan fingerprint density at radius 2 is 1.91 bits per heavy atom. The maximum atomic E-state index is 13.6. The summed E-state index contributed by atoms with van der Waals surface area (Å²) in [6, 6.07) is 9.32. The molecule has 1 aromatic carbocycles. The van der Waals surface area contributed by atoms with Gasteiger partial charge in [-0.1, -0.05) is 23.8 Å². The number of nitrogens with zero attached hydrogens (tertiary/aromatic N) is 3. The summed E-state index contributed by atoms with van der Waals surface area (Å²) in [4.78, 5) is 32.3. The smallest absolute Gasteiger partial charge is 0.273 e. The molecule has 2 fully saturated rings. The lowest BCUT2D eigenvalue weighted by molar-refractivity contribution is -0.185. The summed E-state index contributed by atoms with van der Waals surface area (Å²) in [5.41, 5.74) is 1.86. The minimum atomic E-state index is -2.91. The van der Waals surface area contributed by atoms with Crippen LogP contribution in [0.2, 0.25) is 0 Å². The molecule has 2 unspecified atom stereocenters. The summed E-state index contributed by atoms with van der Waals surface area (Å²) >= 11 is 0. The number of aliphatic hydroxyl groups is 1. The molecule has 1 saturated heterocycles. The van der Waals surface area contributed by atoms with Crippen LogP contribution in [0.4, 0.5) is 23.4 Å². The van der Waals surface area contributed by atoms with Gasteiger partial charge in [0.25, 0.3) is 23.8 Å². The van der Waals surface area contributed by atoms with Gasteiger partial charge in [0.05, 0.1) is 19.2 Å². The number of amides is 1. The number of aromatic nitrogens is 2. The average Bonchev–Trinajstić information content (AvgIpc) is 3.84. The van der Waals surface area contributed by atoms with Crippen LogP contribution in [0.5, 0.6) is 5.88 Å². The van der Waals surface area contributed by atoms with E-state index >= 15 is 0 Å². The van der Waals surface area contributed by atoms with Gasteiger partial charge in [0.2, 0.25) is 5.88 Å². The zero-order valence-corrected chi connectivity index (χ0v) is 25.7. The van der Waals surface area contributed by atoms with Gasteiger partial charge in [-0.25, -0.2) is 17.6 Å². The number of alkyl halides is 4. The van der Waals surface area contributed by atoms with E-state index in [1.54, 1.807) is 43.0 Å². The number of carbonyl (C=O) groups excluding carboxylic acids is 1. The normalized spacial score (nSPS) is 17.4. The summed E-state index contributed by atoms with van der Waals surface area (Å²) in [5, 5.41) is 16.9. The van der Waals surface area contributed by atoms with Crippen molar-refractivity contribution in [3.63, 3.8) is 0 Å². The van der Waals surface area contributed by atoms with Gasteiger partial charge in [-0.3, -0.25) is 14.5 Å². The predicted molar refractivity (Wildman–Crippen MR) is 162 cm³/mol. The van der Waals surface area contributed by atoms with Crippen LogP contribution in [0.3, 0.4) is 0 Å². The molecule has 0 bridgehead atoms. The van der Waals surface area contributed by atoms with Crippen LogP contribution in [0, 0.1) is 6.92 Å². The van der Waals surface area contributed by atoms with Gasteiger partial charge in [-0.15, -0.1) is 0 Å². The maximum absolute atomic E-state index is 13.6. The van der Waals surface area contributed by atoms with Crippen molar-refractivity contribution >= 4 is 11.7 Å². The van der Waals surface area contributed by atoms with Crippen molar-refractivity contribution in [2.24, 2.45) is 0 Å². The first-order valence-corrected chi connectivity index (χ1v) is 15.0. The second-order valence-electron chi connectivity index (χ2n) is 11.8. The van der Waals surface area contributed by atoms with Gasteiger partial charge in [0.1, 0.15) is 17.6 Å². The van der Waals surface area contributed by atoms with Gasteiger partial charge in [-0.05, 0) is 55.5 Å². The molecular weight excluding hydrogens is 610 g/mol. The fourth-order valence-corrected chi connectivity index (χ4v) is 5.25. The second-order valence-corrected chi connectivity index (χ2v) is 11.8. The van der Waals surface area contributed by atoms with Gasteiger partial charge in [-0.2, -0.15) is 4.98 Å². The summed E-state index contributed by atoms with van der Waals surface area (Å²) < 4.78 is 65.3. The van der Waals surface area contributed by atoms with Crippen LogP contribution in [0.15, 0.2) is 47.4 Å². The molecule has 46 heavy (non-hydrogen) atoms. The highest BCUT2D eigenvalue weighted by Crippen LogP contribution is 2.39. The number of benzene rings is 1. The summed E-state index contributed by atoms with van der Waals surface area (Å²) in [7, 11) is 1.60. The average molecular weight is 648 g/mol. The quantitative estimate of drug-likeness (QED) is 0.219. The molecule has 3 heterocycles. The van der Waals surface area contributed by atoms with Crippen molar-refractivity contribution < 1.29 is 36.9 Å². The Kier molecular flexibility index (Phi) is 10.1. The van der Waals surface area contributed by atoms with Gasteiger partial charge in [0.15, 0.2) is 6.61 Å². The maximum Gasteiger partial charge on any atom is 0.273 e. The van der Waals surface area contributed by atoms with E-state index in [0.29, 0.717) is 35.3 Å². The number of nitrogens with one attached hydrogen (secondary N) is 2. The Hall–Kier alpha value is -3.85. The van der Waals surface area contributed by atoms with Gasteiger partial charge < -0.3 is 29.8 Å². The first kappa shape index (κ1) is 33.5. The number of methoxy groups -OCH3 is 1. The summed E-state index contributed by atoms with van der Waals surface area (Å²) in [6.45, 7) is 2.38. The number of hydrogen-bond donors (Lipinski definition) is 3. The molecule has 248 valence electrons. The van der Waals surface area contributed by atoms with Crippen LogP contribution in [0.25, 0.3) is 11.1 Å². The molecule has 10 nitrogen and oxygen atoms in total. The Labute approximate surface area is 263 Å². The molecule has 5 rings (SSSR count). The fourth-order valence-electron chi connectivity index (χ4n) is 5.25. The second kappa shape index (κ2) is 13.9. The third-order valence-corrected chi connectivity index (χ3v) is 7.86. The number of halogens is 4. The lowest BCUT2D eigenvalue weighted by atomic mass is 9.95. The topological polar surface area (TPSA) is 118 Å². The monoisotopic (exact) mass is 647 g/mol. The summed E-state index contributed by atoms with van der Waals surface area (Å²) in [6.07, 6.45) is -0.875. The molecule has 1 amide bonds. The number of carbonyl (C=O) groups is 1. The third kappa shape index (κ3) is 8.10. The predicted octanol–water partition coefficient (Wildman–Crippen LogP) is 4.52. The zero-order valence-electron chi connectivity index (χ0n) is 25.7. The Balaban J connectivity index is 1.47. The van der Waals surface area contributed by atoms with Crippen LogP contribution in [0.1, 0.15) is 59.1 Å². The number of rotatable bonds is 14. The lowest BCUT2D eigenvalue weighted by Crippen LogP contribution is -2.57. The van der Waals surface area contributed by atoms with Crippen molar-refractivity contribution in [2.45, 2.75) is 64.0 Å². The molecule has 1 aliphatic heterocycles. The van der Waals surface area contributed by atoms with E-state index in [-0.39, 0.29) is 29.4 Å². The number of aryl methyl sites for hydroxylation is 1. The molecule has 14 heteroatoms. The van der Waals surface area contributed by atoms with Crippen LogP contribution < -0.4 is 20.9 Å². The molecule has 3 aromatic rings. The number of likely N-dealkylation sites (tertiary alicyclic amines) is 1. The standard InChI is InChI=1S/C32H37F4N5O5/c1-18-4-7-23(24(8-18)30(43)40-16-32(35,36)17-40)21-10-27(38-28(11-21)46-15-26(33)34)39-29(42)25-9-20(13-37-12-19(2)45-3)14-41(31(25)44)22-5-6-22/h4,7-11,14,19,22,26,30,37,43H,5-6,12-13,15-17H2,1-3H3,(H,38,39,42). The van der Waals surface area contributed by atoms with E-state index < -0.39 is 49.7 Å². The van der Waals surface area contributed by atoms with E-state index in [9.17, 15) is 32.3 Å². The van der Waals surface area contributed by atoms with E-state index in [0.717, 1.165) is 18.4 Å². The Morgan fingerprint density at radius 3 is 2.57 bits per heavy atom. The van der Waals surface area contributed by atoms with Crippen LogP contribution in [-0.4, -0.2) is 77.3 Å². The van der Waals surface area contributed by atoms with Crippen molar-refractivity contribution in [2.75, 3.05) is 38.7 Å². The van der Waals surface area contributed by atoms with Crippen LogP contribution >= 0.6 is 0 Å². The first-order valence-electron chi connectivity index (χ1n) is 15.0. The van der Waals surface area contributed by atoms with Crippen molar-refractivity contribution in [1.29, 1.82) is 0 Å². The minimum absolute atomic E-state index is 0.00885. The molecule has 1 saturated carbocycles. The minimum Gasteiger partial charge on any atom is -0.472 e. The van der Waals surface area contributed by atoms with E-state index in [2.05, 4.69) is 15.6 Å². The first-order chi connectivity index (χ1) is 21.8. The lowest BCUT2D eigenvalue weighted by Gasteiger charge is -2.42. The molecular formula is C32H37F4N5O5. The van der Waals surface area contributed by atoms with Crippen molar-refractivity contribution in [1.82, 2.24) is 19.8 Å². The molecule has 2 atom stereocenters. The molecule has 0 spiro atoms. The molecule has 1 aliphatic carbocycles. The number of hydrogen-bond acceptors (Lipinski definition) is 8. The molecule has 2 aromatic heterocycles. The molecule has 3 N–H and O–H groups in total. The highest BCUT2D eigenvalue weighted by atomic mass is 19.3. The summed E-state index contributed by atoms with van der Waals surface area (Å²) in [5.74, 6) is -4.02. The molecule has 2 aliphatic rings. The van der Waals surface area contributed by atoms with E-state index in [1.807, 2.05) is 6.92 Å². The Bertz CT molecular complexity index is 1620. The number of pyridine rings is 2. The van der Waals surface area contributed by atoms with E-state index in [1.165, 1.54) is 23.1 Å². The number of anilines is 1.